The number of nitrogens with zero attached hydrogens (tertiary/aromatic N) is 1. The highest BCUT2D eigenvalue weighted by atomic mass is 35.5. The first-order valence-electron chi connectivity index (χ1n) is 10.1. The summed E-state index contributed by atoms with van der Waals surface area (Å²) >= 11 is 6.36. The zero-order valence-corrected chi connectivity index (χ0v) is 16.9. The van der Waals surface area contributed by atoms with Crippen LogP contribution in [0.25, 0.3) is 0 Å². The second-order valence-electron chi connectivity index (χ2n) is 7.61. The lowest BCUT2D eigenvalue weighted by atomic mass is 9.85. The highest BCUT2D eigenvalue weighted by Gasteiger charge is 2.30. The first kappa shape index (κ1) is 19.2. The van der Waals surface area contributed by atoms with Crippen molar-refractivity contribution < 1.29 is 0 Å². The maximum absolute atomic E-state index is 6.36. The van der Waals surface area contributed by atoms with Crippen LogP contribution < -0.4 is 5.32 Å². The molecule has 0 aromatic heterocycles. The van der Waals surface area contributed by atoms with E-state index in [1.807, 2.05) is 12.1 Å². The van der Waals surface area contributed by atoms with Crippen molar-refractivity contribution in [2.75, 3.05) is 13.1 Å². The number of halogens is 1. The molecule has 2 atom stereocenters. The molecule has 1 aliphatic rings. The number of hydrogen-bond donors (Lipinski definition) is 1. The van der Waals surface area contributed by atoms with Crippen LogP contribution >= 0.6 is 11.6 Å². The first-order valence-corrected chi connectivity index (χ1v) is 10.5. The Morgan fingerprint density at radius 3 is 2.29 bits per heavy atom. The largest absolute Gasteiger partial charge is 0.309 e. The van der Waals surface area contributed by atoms with Gasteiger partial charge in [-0.15, -0.1) is 0 Å². The molecule has 0 amide bonds. The van der Waals surface area contributed by atoms with Crippen molar-refractivity contribution in [3.63, 3.8) is 0 Å². The van der Waals surface area contributed by atoms with E-state index in [9.17, 15) is 0 Å². The topological polar surface area (TPSA) is 15.3 Å². The minimum absolute atomic E-state index is 0.450. The minimum Gasteiger partial charge on any atom is -0.309 e. The molecule has 1 saturated heterocycles. The molecule has 0 saturated carbocycles. The van der Waals surface area contributed by atoms with E-state index in [4.69, 9.17) is 11.6 Å². The van der Waals surface area contributed by atoms with Gasteiger partial charge in [-0.25, -0.2) is 0 Å². The normalized spacial score (nSPS) is 20.2. The number of hydrogen-bond acceptors (Lipinski definition) is 2. The van der Waals surface area contributed by atoms with E-state index in [1.54, 1.807) is 0 Å². The van der Waals surface area contributed by atoms with Gasteiger partial charge in [0.1, 0.15) is 0 Å². The maximum Gasteiger partial charge on any atom is 0.0450 e. The molecule has 0 bridgehead atoms. The van der Waals surface area contributed by atoms with Crippen molar-refractivity contribution in [1.82, 2.24) is 10.2 Å². The standard InChI is InChI=1S/C25H27ClN2/c26-24-14-8-7-13-22(24)17-27-25-15-16-28(18-20-9-3-1-4-10-20)19-23(25)21-11-5-2-6-12-21/h1-14,23,25,27H,15-19H2/t23-,25+/m0/s1. The van der Waals surface area contributed by atoms with Gasteiger partial charge < -0.3 is 5.32 Å². The zero-order valence-electron chi connectivity index (χ0n) is 16.1. The summed E-state index contributed by atoms with van der Waals surface area (Å²) in [5.74, 6) is 0.473. The second-order valence-corrected chi connectivity index (χ2v) is 8.01. The summed E-state index contributed by atoms with van der Waals surface area (Å²) in [6, 6.07) is 30.3. The van der Waals surface area contributed by atoms with E-state index >= 15 is 0 Å². The molecule has 0 spiro atoms. The quantitative estimate of drug-likeness (QED) is 0.598. The molecular formula is C25H27ClN2. The van der Waals surface area contributed by atoms with Crippen molar-refractivity contribution in [3.8, 4) is 0 Å². The van der Waals surface area contributed by atoms with Gasteiger partial charge in [0.25, 0.3) is 0 Å². The van der Waals surface area contributed by atoms with E-state index in [1.165, 1.54) is 16.7 Å². The fraction of sp³-hybridized carbons (Fsp3) is 0.280. The van der Waals surface area contributed by atoms with Crippen LogP contribution in [0.3, 0.4) is 0 Å². The Kier molecular flexibility index (Phi) is 6.43. The molecule has 2 nitrogen and oxygen atoms in total. The predicted octanol–water partition coefficient (Wildman–Crippen LogP) is 5.49. The Morgan fingerprint density at radius 1 is 0.857 bits per heavy atom. The number of benzene rings is 3. The number of nitrogens with one attached hydrogen (secondary N) is 1. The van der Waals surface area contributed by atoms with Gasteiger partial charge in [-0.3, -0.25) is 4.90 Å². The average molecular weight is 391 g/mol. The molecule has 0 aliphatic carbocycles. The van der Waals surface area contributed by atoms with Gasteiger partial charge in [0.2, 0.25) is 0 Å². The van der Waals surface area contributed by atoms with Crippen molar-refractivity contribution >= 4 is 11.6 Å². The average Bonchev–Trinajstić information content (AvgIpc) is 2.75. The van der Waals surface area contributed by atoms with Gasteiger partial charge in [-0.1, -0.05) is 90.5 Å². The summed E-state index contributed by atoms with van der Waals surface area (Å²) in [5, 5.41) is 4.64. The summed E-state index contributed by atoms with van der Waals surface area (Å²) in [6.07, 6.45) is 1.14. The molecule has 3 heteroatoms. The Morgan fingerprint density at radius 2 is 1.54 bits per heavy atom. The lowest BCUT2D eigenvalue weighted by Crippen LogP contribution is -2.47. The van der Waals surface area contributed by atoms with Gasteiger partial charge in [0.05, 0.1) is 0 Å². The highest BCUT2D eigenvalue weighted by molar-refractivity contribution is 6.31. The summed E-state index contributed by atoms with van der Waals surface area (Å²) in [6.45, 7) is 4.01. The van der Waals surface area contributed by atoms with Crippen molar-refractivity contribution in [1.29, 1.82) is 0 Å². The van der Waals surface area contributed by atoms with Gasteiger partial charge in [-0.2, -0.15) is 0 Å². The smallest absolute Gasteiger partial charge is 0.0450 e. The third-order valence-corrected chi connectivity index (χ3v) is 6.05. The number of piperidine rings is 1. The predicted molar refractivity (Wildman–Crippen MR) is 118 cm³/mol. The molecule has 3 aromatic rings. The van der Waals surface area contributed by atoms with Crippen molar-refractivity contribution in [3.05, 3.63) is 107 Å². The first-order chi connectivity index (χ1) is 13.8. The van der Waals surface area contributed by atoms with Crippen LogP contribution in [0.1, 0.15) is 29.0 Å². The summed E-state index contributed by atoms with van der Waals surface area (Å²) in [5.41, 5.74) is 3.97. The van der Waals surface area contributed by atoms with Gasteiger partial charge in [-0.05, 0) is 29.2 Å². The summed E-state index contributed by atoms with van der Waals surface area (Å²) in [4.78, 5) is 2.58. The number of rotatable bonds is 6. The molecule has 1 fully saturated rings. The monoisotopic (exact) mass is 390 g/mol. The van der Waals surface area contributed by atoms with Crippen LogP contribution in [0.5, 0.6) is 0 Å². The van der Waals surface area contributed by atoms with E-state index < -0.39 is 0 Å². The molecule has 144 valence electrons. The minimum atomic E-state index is 0.450. The number of likely N-dealkylation sites (tertiary alicyclic amines) is 1. The molecule has 28 heavy (non-hydrogen) atoms. The lowest BCUT2D eigenvalue weighted by molar-refractivity contribution is 0.166. The van der Waals surface area contributed by atoms with Crippen LogP contribution in [0.2, 0.25) is 5.02 Å². The molecular weight excluding hydrogens is 364 g/mol. The van der Waals surface area contributed by atoms with Gasteiger partial charge in [0, 0.05) is 43.2 Å². The molecule has 1 N–H and O–H groups in total. The molecule has 0 unspecified atom stereocenters. The third-order valence-electron chi connectivity index (χ3n) is 5.69. The Bertz CT molecular complexity index is 866. The van der Waals surface area contributed by atoms with E-state index in [0.29, 0.717) is 12.0 Å². The van der Waals surface area contributed by atoms with Gasteiger partial charge >= 0.3 is 0 Å². The highest BCUT2D eigenvalue weighted by Crippen LogP contribution is 2.29. The fourth-order valence-electron chi connectivity index (χ4n) is 4.17. The fourth-order valence-corrected chi connectivity index (χ4v) is 4.37. The summed E-state index contributed by atoms with van der Waals surface area (Å²) < 4.78 is 0. The van der Waals surface area contributed by atoms with Crippen LogP contribution in [0, 0.1) is 0 Å². The Balaban J connectivity index is 1.47. The molecule has 4 rings (SSSR count). The second kappa shape index (κ2) is 9.38. The van der Waals surface area contributed by atoms with E-state index in [0.717, 1.165) is 37.6 Å². The SMILES string of the molecule is Clc1ccccc1CN[C@@H]1CCN(Cc2ccccc2)C[C@H]1c1ccccc1. The van der Waals surface area contributed by atoms with Crippen LogP contribution in [-0.4, -0.2) is 24.0 Å². The van der Waals surface area contributed by atoms with Gasteiger partial charge in [0.15, 0.2) is 0 Å². The zero-order chi connectivity index (χ0) is 19.2. The summed E-state index contributed by atoms with van der Waals surface area (Å²) in [7, 11) is 0. The van der Waals surface area contributed by atoms with Crippen LogP contribution in [0.15, 0.2) is 84.9 Å². The molecule has 0 radical (unpaired) electrons. The van der Waals surface area contributed by atoms with E-state index in [-0.39, 0.29) is 0 Å². The Hall–Kier alpha value is -2.13. The van der Waals surface area contributed by atoms with Crippen LogP contribution in [0.4, 0.5) is 0 Å². The third kappa shape index (κ3) is 4.82. The Labute approximate surface area is 173 Å². The molecule has 1 aliphatic heterocycles. The lowest BCUT2D eigenvalue weighted by Gasteiger charge is -2.39. The molecule has 3 aromatic carbocycles. The van der Waals surface area contributed by atoms with Crippen molar-refractivity contribution in [2.24, 2.45) is 0 Å². The molecule has 1 heterocycles. The van der Waals surface area contributed by atoms with Crippen LogP contribution in [-0.2, 0) is 13.1 Å². The van der Waals surface area contributed by atoms with Crippen molar-refractivity contribution in [2.45, 2.75) is 31.5 Å². The maximum atomic E-state index is 6.36. The van der Waals surface area contributed by atoms with E-state index in [2.05, 4.69) is 83.0 Å².